The summed E-state index contributed by atoms with van der Waals surface area (Å²) in [5.74, 6) is -2.02. The summed E-state index contributed by atoms with van der Waals surface area (Å²) in [6.07, 6.45) is 3.28. The highest BCUT2D eigenvalue weighted by molar-refractivity contribution is 5.77. The number of aliphatic hydroxyl groups is 1. The van der Waals surface area contributed by atoms with Gasteiger partial charge in [-0.2, -0.15) is 5.10 Å². The van der Waals surface area contributed by atoms with Crippen LogP contribution in [0.25, 0.3) is 0 Å². The van der Waals surface area contributed by atoms with Crippen LogP contribution in [0.2, 0.25) is 0 Å². The van der Waals surface area contributed by atoms with Crippen molar-refractivity contribution in [2.45, 2.75) is 31.5 Å². The third kappa shape index (κ3) is 3.39. The molecule has 0 aliphatic carbocycles. The van der Waals surface area contributed by atoms with Gasteiger partial charge in [-0.3, -0.25) is 9.48 Å². The smallest absolute Gasteiger partial charge is 0.225 e. The van der Waals surface area contributed by atoms with E-state index in [1.54, 1.807) is 23.1 Å². The maximum absolute atomic E-state index is 13.4. The number of carbonyl (C=O) groups excluding carboxylic acids is 1. The minimum atomic E-state index is -0.951. The number of rotatable bonds is 4. The lowest BCUT2D eigenvalue weighted by Gasteiger charge is -2.25. The van der Waals surface area contributed by atoms with Crippen molar-refractivity contribution < 1.29 is 18.7 Å². The van der Waals surface area contributed by atoms with Gasteiger partial charge < -0.3 is 10.0 Å². The SMILES string of the molecule is O=C(CCn1cccn1)N1C[C@H](O)C[C@@H]1c1ccc(F)c(F)c1. The Kier molecular flexibility index (Phi) is 4.38. The van der Waals surface area contributed by atoms with Crippen LogP contribution in [0.5, 0.6) is 0 Å². The molecule has 0 saturated carbocycles. The zero-order valence-electron chi connectivity index (χ0n) is 12.4. The van der Waals surface area contributed by atoms with Crippen molar-refractivity contribution in [1.29, 1.82) is 0 Å². The quantitative estimate of drug-likeness (QED) is 0.935. The minimum Gasteiger partial charge on any atom is -0.391 e. The van der Waals surface area contributed by atoms with Gasteiger partial charge >= 0.3 is 0 Å². The van der Waals surface area contributed by atoms with Gasteiger partial charge in [0.05, 0.1) is 12.1 Å². The number of nitrogens with zero attached hydrogens (tertiary/aromatic N) is 3. The second kappa shape index (κ2) is 6.45. The molecule has 1 N–H and O–H groups in total. The van der Waals surface area contributed by atoms with Gasteiger partial charge in [-0.15, -0.1) is 0 Å². The summed E-state index contributed by atoms with van der Waals surface area (Å²) in [6, 6.07) is 4.92. The molecule has 23 heavy (non-hydrogen) atoms. The number of β-amino-alcohol motifs (C(OH)–C–C–N with tert-alkyl or cyclic N) is 1. The van der Waals surface area contributed by atoms with Crippen molar-refractivity contribution in [3.05, 3.63) is 53.9 Å². The molecule has 1 aliphatic rings. The molecule has 1 aliphatic heterocycles. The topological polar surface area (TPSA) is 58.4 Å². The van der Waals surface area contributed by atoms with E-state index in [-0.39, 0.29) is 18.9 Å². The summed E-state index contributed by atoms with van der Waals surface area (Å²) >= 11 is 0. The molecule has 0 unspecified atom stereocenters. The van der Waals surface area contributed by atoms with Crippen molar-refractivity contribution >= 4 is 5.91 Å². The zero-order valence-corrected chi connectivity index (χ0v) is 12.4. The molecule has 122 valence electrons. The number of aryl methyl sites for hydroxylation is 1. The average Bonchev–Trinajstić information content (AvgIpc) is 3.17. The molecule has 1 aromatic heterocycles. The van der Waals surface area contributed by atoms with Crippen LogP contribution in [0, 0.1) is 11.6 Å². The van der Waals surface area contributed by atoms with Crippen LogP contribution in [0.3, 0.4) is 0 Å². The van der Waals surface area contributed by atoms with E-state index in [9.17, 15) is 18.7 Å². The first-order chi connectivity index (χ1) is 11.0. The van der Waals surface area contributed by atoms with Gasteiger partial charge in [0, 0.05) is 31.9 Å². The number of carbonyl (C=O) groups is 1. The minimum absolute atomic E-state index is 0.146. The number of aliphatic hydroxyl groups excluding tert-OH is 1. The van der Waals surface area contributed by atoms with Crippen LogP contribution >= 0.6 is 0 Å². The first kappa shape index (κ1) is 15.6. The normalized spacial score (nSPS) is 20.9. The Morgan fingerprint density at radius 2 is 2.17 bits per heavy atom. The van der Waals surface area contributed by atoms with Gasteiger partial charge in [-0.25, -0.2) is 8.78 Å². The lowest BCUT2D eigenvalue weighted by Crippen LogP contribution is -2.32. The van der Waals surface area contributed by atoms with Crippen LogP contribution in [0.1, 0.15) is 24.4 Å². The molecule has 0 spiro atoms. The maximum atomic E-state index is 13.4. The summed E-state index contributed by atoms with van der Waals surface area (Å²) < 4.78 is 28.2. The third-order valence-corrected chi connectivity index (χ3v) is 4.04. The van der Waals surface area contributed by atoms with Crippen molar-refractivity contribution in [2.75, 3.05) is 6.54 Å². The lowest BCUT2D eigenvalue weighted by molar-refractivity contribution is -0.132. The molecule has 1 fully saturated rings. The molecule has 7 heteroatoms. The van der Waals surface area contributed by atoms with Crippen LogP contribution in [-0.4, -0.2) is 38.3 Å². The van der Waals surface area contributed by atoms with E-state index in [2.05, 4.69) is 5.10 Å². The fraction of sp³-hybridized carbons (Fsp3) is 0.375. The summed E-state index contributed by atoms with van der Waals surface area (Å²) in [4.78, 5) is 14.0. The molecule has 2 atom stereocenters. The molecular weight excluding hydrogens is 304 g/mol. The predicted octanol–water partition coefficient (Wildman–Crippen LogP) is 1.89. The van der Waals surface area contributed by atoms with E-state index in [1.807, 2.05) is 0 Å². The lowest BCUT2D eigenvalue weighted by atomic mass is 10.0. The number of amides is 1. The van der Waals surface area contributed by atoms with E-state index in [0.29, 0.717) is 18.5 Å². The Balaban J connectivity index is 1.73. The molecule has 1 aromatic carbocycles. The molecule has 0 bridgehead atoms. The summed E-state index contributed by atoms with van der Waals surface area (Å²) in [5.41, 5.74) is 0.493. The van der Waals surface area contributed by atoms with E-state index in [4.69, 9.17) is 0 Å². The Bertz CT molecular complexity index is 691. The summed E-state index contributed by atoms with van der Waals surface area (Å²) in [7, 11) is 0. The van der Waals surface area contributed by atoms with E-state index < -0.39 is 23.8 Å². The first-order valence-corrected chi connectivity index (χ1v) is 7.44. The van der Waals surface area contributed by atoms with Gasteiger partial charge in [0.25, 0.3) is 0 Å². The van der Waals surface area contributed by atoms with E-state index >= 15 is 0 Å². The molecule has 2 heterocycles. The second-order valence-electron chi connectivity index (χ2n) is 5.64. The third-order valence-electron chi connectivity index (χ3n) is 4.04. The molecule has 1 saturated heterocycles. The van der Waals surface area contributed by atoms with Gasteiger partial charge in [-0.1, -0.05) is 6.07 Å². The fourth-order valence-corrected chi connectivity index (χ4v) is 2.91. The predicted molar refractivity (Wildman–Crippen MR) is 78.3 cm³/mol. The second-order valence-corrected chi connectivity index (χ2v) is 5.64. The highest BCUT2D eigenvalue weighted by Crippen LogP contribution is 2.33. The molecule has 3 rings (SSSR count). The number of hydrogen-bond donors (Lipinski definition) is 1. The largest absolute Gasteiger partial charge is 0.391 e. The van der Waals surface area contributed by atoms with E-state index in [0.717, 1.165) is 12.1 Å². The van der Waals surface area contributed by atoms with Crippen molar-refractivity contribution in [2.24, 2.45) is 0 Å². The van der Waals surface area contributed by atoms with Crippen LogP contribution in [0.15, 0.2) is 36.7 Å². The number of hydrogen-bond acceptors (Lipinski definition) is 3. The van der Waals surface area contributed by atoms with Gasteiger partial charge in [0.15, 0.2) is 11.6 Å². The van der Waals surface area contributed by atoms with Crippen molar-refractivity contribution in [1.82, 2.24) is 14.7 Å². The molecular formula is C16H17F2N3O2. The Morgan fingerprint density at radius 1 is 1.35 bits per heavy atom. The van der Waals surface area contributed by atoms with Crippen molar-refractivity contribution in [3.63, 3.8) is 0 Å². The molecule has 5 nitrogen and oxygen atoms in total. The van der Waals surface area contributed by atoms with E-state index in [1.165, 1.54) is 11.0 Å². The maximum Gasteiger partial charge on any atom is 0.225 e. The molecule has 1 amide bonds. The van der Waals surface area contributed by atoms with Crippen LogP contribution in [-0.2, 0) is 11.3 Å². The number of likely N-dealkylation sites (tertiary alicyclic amines) is 1. The van der Waals surface area contributed by atoms with Gasteiger partial charge in [0.1, 0.15) is 0 Å². The summed E-state index contributed by atoms with van der Waals surface area (Å²) in [5, 5.41) is 13.9. The zero-order chi connectivity index (χ0) is 16.4. The number of halogens is 2. The van der Waals surface area contributed by atoms with Crippen LogP contribution in [0.4, 0.5) is 8.78 Å². The monoisotopic (exact) mass is 321 g/mol. The average molecular weight is 321 g/mol. The Hall–Kier alpha value is -2.28. The summed E-state index contributed by atoms with van der Waals surface area (Å²) in [6.45, 7) is 0.629. The van der Waals surface area contributed by atoms with Crippen molar-refractivity contribution in [3.8, 4) is 0 Å². The first-order valence-electron chi connectivity index (χ1n) is 7.44. The highest BCUT2D eigenvalue weighted by atomic mass is 19.2. The molecule has 2 aromatic rings. The number of aromatic nitrogens is 2. The fourth-order valence-electron chi connectivity index (χ4n) is 2.91. The molecule has 0 radical (unpaired) electrons. The van der Waals surface area contributed by atoms with Gasteiger partial charge in [-0.05, 0) is 30.2 Å². The Labute approximate surface area is 132 Å². The standard InChI is InChI=1S/C16H17F2N3O2/c17-13-3-2-11(8-14(13)18)15-9-12(22)10-21(15)16(23)4-7-20-6-1-5-19-20/h1-3,5-6,8,12,15,22H,4,7,9-10H2/t12-,15-/m1/s1. The Morgan fingerprint density at radius 3 is 2.87 bits per heavy atom. The van der Waals surface area contributed by atoms with Gasteiger partial charge in [0.2, 0.25) is 5.91 Å². The number of benzene rings is 1. The highest BCUT2D eigenvalue weighted by Gasteiger charge is 2.35. The van der Waals surface area contributed by atoms with Crippen LogP contribution < -0.4 is 0 Å².